The Kier molecular flexibility index (Phi) is 3.54. The number of aromatic nitrogens is 1. The molecule has 0 atom stereocenters. The van der Waals surface area contributed by atoms with Crippen LogP contribution in [0.1, 0.15) is 11.1 Å². The van der Waals surface area contributed by atoms with E-state index in [1.807, 2.05) is 19.2 Å². The van der Waals surface area contributed by atoms with Crippen molar-refractivity contribution in [2.45, 2.75) is 13.2 Å². The molecule has 0 saturated heterocycles. The van der Waals surface area contributed by atoms with Gasteiger partial charge in [0.2, 0.25) is 0 Å². The zero-order valence-electron chi connectivity index (χ0n) is 9.13. The van der Waals surface area contributed by atoms with Gasteiger partial charge in [0, 0.05) is 19.8 Å². The van der Waals surface area contributed by atoms with Crippen LogP contribution >= 0.6 is 11.3 Å². The van der Waals surface area contributed by atoms with Crippen molar-refractivity contribution in [3.8, 4) is 0 Å². The van der Waals surface area contributed by atoms with E-state index in [2.05, 4.69) is 26.7 Å². The summed E-state index contributed by atoms with van der Waals surface area (Å²) in [7, 11) is 2.00. The minimum atomic E-state index is 0.0574. The number of hydrogen-bond acceptors (Lipinski definition) is 4. The van der Waals surface area contributed by atoms with Crippen LogP contribution in [0.2, 0.25) is 0 Å². The molecule has 84 valence electrons. The van der Waals surface area contributed by atoms with Crippen molar-refractivity contribution in [3.63, 3.8) is 0 Å². The highest BCUT2D eigenvalue weighted by Crippen LogP contribution is 2.15. The number of thiophene rings is 1. The van der Waals surface area contributed by atoms with Gasteiger partial charge < -0.3 is 10.0 Å². The highest BCUT2D eigenvalue weighted by atomic mass is 32.1. The smallest absolute Gasteiger partial charge is 0.128 e. The minimum absolute atomic E-state index is 0.0574. The quantitative estimate of drug-likeness (QED) is 0.881. The molecule has 0 aromatic carbocycles. The number of hydrogen-bond donors (Lipinski definition) is 1. The van der Waals surface area contributed by atoms with E-state index in [9.17, 15) is 0 Å². The molecular formula is C12H14N2OS. The summed E-state index contributed by atoms with van der Waals surface area (Å²) in [5, 5.41) is 13.3. The molecule has 0 amide bonds. The molecule has 2 heterocycles. The molecule has 3 nitrogen and oxygen atoms in total. The summed E-state index contributed by atoms with van der Waals surface area (Å²) in [4.78, 5) is 6.36. The van der Waals surface area contributed by atoms with Crippen molar-refractivity contribution in [2.24, 2.45) is 0 Å². The van der Waals surface area contributed by atoms with Crippen LogP contribution in [-0.2, 0) is 13.2 Å². The van der Waals surface area contributed by atoms with E-state index >= 15 is 0 Å². The zero-order chi connectivity index (χ0) is 11.4. The first-order valence-electron chi connectivity index (χ1n) is 5.07. The van der Waals surface area contributed by atoms with Crippen LogP contribution < -0.4 is 4.90 Å². The van der Waals surface area contributed by atoms with Gasteiger partial charge in [0.1, 0.15) is 5.82 Å². The average molecular weight is 234 g/mol. The summed E-state index contributed by atoms with van der Waals surface area (Å²) in [6, 6.07) is 5.84. The molecule has 2 aromatic rings. The Bertz CT molecular complexity index is 442. The molecule has 0 bridgehead atoms. The molecule has 0 spiro atoms. The van der Waals surface area contributed by atoms with Gasteiger partial charge in [-0.25, -0.2) is 4.98 Å². The van der Waals surface area contributed by atoms with E-state index in [1.165, 1.54) is 5.56 Å². The Morgan fingerprint density at radius 2 is 2.25 bits per heavy atom. The van der Waals surface area contributed by atoms with E-state index in [1.54, 1.807) is 17.5 Å². The van der Waals surface area contributed by atoms with Crippen LogP contribution in [0.15, 0.2) is 35.2 Å². The third-order valence-corrected chi connectivity index (χ3v) is 3.12. The number of aliphatic hydroxyl groups is 1. The first kappa shape index (κ1) is 11.1. The standard InChI is InChI=1S/C12H14N2OS/c1-14(7-11-3-5-16-9-11)12-6-10(8-15)2-4-13-12/h2-6,9,15H,7-8H2,1H3. The molecule has 0 unspecified atom stereocenters. The molecule has 16 heavy (non-hydrogen) atoms. The molecule has 4 heteroatoms. The Labute approximate surface area is 99.0 Å². The summed E-state index contributed by atoms with van der Waals surface area (Å²) in [6.07, 6.45) is 1.73. The highest BCUT2D eigenvalue weighted by molar-refractivity contribution is 7.07. The second-order valence-corrected chi connectivity index (χ2v) is 4.45. The van der Waals surface area contributed by atoms with Gasteiger partial charge in [-0.15, -0.1) is 0 Å². The number of aliphatic hydroxyl groups excluding tert-OH is 1. The lowest BCUT2D eigenvalue weighted by Gasteiger charge is -2.17. The molecule has 0 aliphatic rings. The maximum absolute atomic E-state index is 9.06. The Morgan fingerprint density at radius 1 is 1.38 bits per heavy atom. The molecule has 2 aromatic heterocycles. The molecule has 1 N–H and O–H groups in total. The number of rotatable bonds is 4. The van der Waals surface area contributed by atoms with Gasteiger partial charge in [0.15, 0.2) is 0 Å². The van der Waals surface area contributed by atoms with Crippen LogP contribution in [0.5, 0.6) is 0 Å². The van der Waals surface area contributed by atoms with Crippen molar-refractivity contribution in [2.75, 3.05) is 11.9 Å². The predicted octanol–water partition coefficient (Wildman–Crippen LogP) is 2.27. The number of pyridine rings is 1. The second-order valence-electron chi connectivity index (χ2n) is 3.67. The van der Waals surface area contributed by atoms with Gasteiger partial charge in [-0.3, -0.25) is 0 Å². The van der Waals surface area contributed by atoms with Gasteiger partial charge in [-0.1, -0.05) is 0 Å². The molecule has 0 aliphatic heterocycles. The third-order valence-electron chi connectivity index (χ3n) is 2.38. The van der Waals surface area contributed by atoms with Crippen molar-refractivity contribution >= 4 is 17.2 Å². The topological polar surface area (TPSA) is 36.4 Å². The van der Waals surface area contributed by atoms with Gasteiger partial charge in [-0.2, -0.15) is 11.3 Å². The largest absolute Gasteiger partial charge is 0.392 e. The fraction of sp³-hybridized carbons (Fsp3) is 0.250. The summed E-state index contributed by atoms with van der Waals surface area (Å²) in [5.74, 6) is 0.887. The summed E-state index contributed by atoms with van der Waals surface area (Å²) in [6.45, 7) is 0.896. The Morgan fingerprint density at radius 3 is 2.94 bits per heavy atom. The van der Waals surface area contributed by atoms with E-state index in [0.717, 1.165) is 17.9 Å². The monoisotopic (exact) mass is 234 g/mol. The third kappa shape index (κ3) is 2.59. The highest BCUT2D eigenvalue weighted by Gasteiger charge is 2.04. The van der Waals surface area contributed by atoms with Gasteiger partial charge >= 0.3 is 0 Å². The van der Waals surface area contributed by atoms with Crippen molar-refractivity contribution in [1.29, 1.82) is 0 Å². The second kappa shape index (κ2) is 5.09. The molecular weight excluding hydrogens is 220 g/mol. The van der Waals surface area contributed by atoms with Gasteiger partial charge in [0.25, 0.3) is 0 Å². The fourth-order valence-electron chi connectivity index (χ4n) is 1.51. The number of nitrogens with zero attached hydrogens (tertiary/aromatic N) is 2. The molecule has 0 radical (unpaired) electrons. The average Bonchev–Trinajstić information content (AvgIpc) is 2.82. The maximum atomic E-state index is 9.06. The fourth-order valence-corrected chi connectivity index (χ4v) is 2.16. The molecule has 0 saturated carbocycles. The summed E-state index contributed by atoms with van der Waals surface area (Å²) in [5.41, 5.74) is 2.17. The maximum Gasteiger partial charge on any atom is 0.128 e. The summed E-state index contributed by atoms with van der Waals surface area (Å²) >= 11 is 1.70. The molecule has 2 rings (SSSR count). The van der Waals surface area contributed by atoms with E-state index in [4.69, 9.17) is 5.11 Å². The normalized spacial score (nSPS) is 10.4. The van der Waals surface area contributed by atoms with Crippen molar-refractivity contribution < 1.29 is 5.11 Å². The predicted molar refractivity (Wildman–Crippen MR) is 66.6 cm³/mol. The Balaban J connectivity index is 2.11. The minimum Gasteiger partial charge on any atom is -0.392 e. The van der Waals surface area contributed by atoms with Crippen LogP contribution in [0.4, 0.5) is 5.82 Å². The van der Waals surface area contributed by atoms with Crippen LogP contribution in [0.3, 0.4) is 0 Å². The van der Waals surface area contributed by atoms with Crippen LogP contribution in [0.25, 0.3) is 0 Å². The van der Waals surface area contributed by atoms with E-state index in [-0.39, 0.29) is 6.61 Å². The van der Waals surface area contributed by atoms with E-state index < -0.39 is 0 Å². The Hall–Kier alpha value is -1.39. The molecule has 0 fully saturated rings. The van der Waals surface area contributed by atoms with Crippen LogP contribution in [-0.4, -0.2) is 17.1 Å². The van der Waals surface area contributed by atoms with E-state index in [0.29, 0.717) is 0 Å². The van der Waals surface area contributed by atoms with Crippen molar-refractivity contribution in [3.05, 3.63) is 46.3 Å². The summed E-state index contributed by atoms with van der Waals surface area (Å²) < 4.78 is 0. The zero-order valence-corrected chi connectivity index (χ0v) is 9.94. The lowest BCUT2D eigenvalue weighted by Crippen LogP contribution is -2.17. The first-order valence-corrected chi connectivity index (χ1v) is 6.02. The van der Waals surface area contributed by atoms with Gasteiger partial charge in [0.05, 0.1) is 6.61 Å². The molecule has 0 aliphatic carbocycles. The SMILES string of the molecule is CN(Cc1ccsc1)c1cc(CO)ccn1. The lowest BCUT2D eigenvalue weighted by atomic mass is 10.2. The first-order chi connectivity index (χ1) is 7.79. The van der Waals surface area contributed by atoms with Crippen LogP contribution in [0, 0.1) is 0 Å². The van der Waals surface area contributed by atoms with Crippen molar-refractivity contribution in [1.82, 2.24) is 4.98 Å². The number of anilines is 1. The lowest BCUT2D eigenvalue weighted by molar-refractivity contribution is 0.281. The van der Waals surface area contributed by atoms with Gasteiger partial charge in [-0.05, 0) is 40.1 Å².